The summed E-state index contributed by atoms with van der Waals surface area (Å²) in [6.07, 6.45) is -0.232. The predicted molar refractivity (Wildman–Crippen MR) is 65.0 cm³/mol. The van der Waals surface area contributed by atoms with Crippen LogP contribution >= 0.6 is 0 Å². The zero-order valence-corrected chi connectivity index (χ0v) is 10.8. The summed E-state index contributed by atoms with van der Waals surface area (Å²) >= 11 is 0. The summed E-state index contributed by atoms with van der Waals surface area (Å²) in [6.45, 7) is 1.81. The van der Waals surface area contributed by atoms with Crippen molar-refractivity contribution in [2.24, 2.45) is 0 Å². The molecule has 0 amide bonds. The van der Waals surface area contributed by atoms with Gasteiger partial charge < -0.3 is 9.47 Å². The summed E-state index contributed by atoms with van der Waals surface area (Å²) in [5, 5.41) is 9.03. The number of hydrogen-bond donors (Lipinski definition) is 0. The number of esters is 1. The van der Waals surface area contributed by atoms with Crippen LogP contribution in [0.2, 0.25) is 0 Å². The van der Waals surface area contributed by atoms with Crippen molar-refractivity contribution >= 4 is 5.97 Å². The maximum Gasteiger partial charge on any atom is 0.306 e. The van der Waals surface area contributed by atoms with Crippen LogP contribution in [0.5, 0.6) is 5.75 Å². The SMILES string of the molecule is COC(=O)CC1(C)CC(C#N)Oc2ccc(F)cc21. The van der Waals surface area contributed by atoms with E-state index in [2.05, 4.69) is 4.74 Å². The number of benzene rings is 1. The van der Waals surface area contributed by atoms with E-state index in [1.54, 1.807) is 0 Å². The Labute approximate surface area is 110 Å². The minimum Gasteiger partial charge on any atom is -0.475 e. The molecule has 0 N–H and O–H groups in total. The maximum absolute atomic E-state index is 13.4. The predicted octanol–water partition coefficient (Wildman–Crippen LogP) is 2.32. The van der Waals surface area contributed by atoms with Crippen LogP contribution in [-0.2, 0) is 14.9 Å². The number of nitriles is 1. The van der Waals surface area contributed by atoms with Gasteiger partial charge in [-0.15, -0.1) is 0 Å². The molecule has 2 unspecified atom stereocenters. The first-order valence-electron chi connectivity index (χ1n) is 5.91. The third kappa shape index (κ3) is 2.53. The number of carbonyl (C=O) groups excluding carboxylic acids is 1. The van der Waals surface area contributed by atoms with Crippen LogP contribution in [-0.4, -0.2) is 19.2 Å². The minimum atomic E-state index is -0.664. The largest absolute Gasteiger partial charge is 0.475 e. The topological polar surface area (TPSA) is 59.3 Å². The Balaban J connectivity index is 2.46. The van der Waals surface area contributed by atoms with E-state index in [4.69, 9.17) is 10.00 Å². The van der Waals surface area contributed by atoms with E-state index in [9.17, 15) is 9.18 Å². The first-order valence-corrected chi connectivity index (χ1v) is 5.91. The molecule has 2 rings (SSSR count). The molecule has 4 nitrogen and oxygen atoms in total. The Morgan fingerprint density at radius 3 is 3.05 bits per heavy atom. The maximum atomic E-state index is 13.4. The van der Waals surface area contributed by atoms with Gasteiger partial charge in [0.05, 0.1) is 13.5 Å². The molecule has 100 valence electrons. The number of nitrogens with zero attached hydrogens (tertiary/aromatic N) is 1. The molecule has 0 bridgehead atoms. The highest BCUT2D eigenvalue weighted by molar-refractivity contribution is 5.71. The van der Waals surface area contributed by atoms with Crippen molar-refractivity contribution in [3.05, 3.63) is 29.6 Å². The van der Waals surface area contributed by atoms with E-state index >= 15 is 0 Å². The zero-order chi connectivity index (χ0) is 14.0. The quantitative estimate of drug-likeness (QED) is 0.768. The standard InChI is InChI=1S/C14H14FNO3/c1-14(7-13(17)18-2)6-10(8-16)19-12-4-3-9(15)5-11(12)14/h3-5,10H,6-7H2,1-2H3. The second-order valence-electron chi connectivity index (χ2n) is 4.89. The highest BCUT2D eigenvalue weighted by Gasteiger charge is 2.40. The van der Waals surface area contributed by atoms with Gasteiger partial charge in [0.15, 0.2) is 6.10 Å². The van der Waals surface area contributed by atoms with E-state index < -0.39 is 23.3 Å². The number of halogens is 1. The van der Waals surface area contributed by atoms with Gasteiger partial charge in [0.25, 0.3) is 0 Å². The molecule has 0 fully saturated rings. The molecule has 5 heteroatoms. The molecule has 0 aliphatic carbocycles. The van der Waals surface area contributed by atoms with Crippen molar-refractivity contribution in [3.63, 3.8) is 0 Å². The monoisotopic (exact) mass is 263 g/mol. The molecule has 1 aliphatic rings. The van der Waals surface area contributed by atoms with E-state index in [-0.39, 0.29) is 6.42 Å². The fourth-order valence-corrected chi connectivity index (χ4v) is 2.42. The van der Waals surface area contributed by atoms with Crippen LogP contribution in [0.4, 0.5) is 4.39 Å². The Kier molecular flexibility index (Phi) is 3.43. The molecule has 0 aromatic heterocycles. The first kappa shape index (κ1) is 13.3. The average molecular weight is 263 g/mol. The number of carbonyl (C=O) groups is 1. The van der Waals surface area contributed by atoms with Gasteiger partial charge >= 0.3 is 5.97 Å². The average Bonchev–Trinajstić information content (AvgIpc) is 2.39. The number of hydrogen-bond acceptors (Lipinski definition) is 4. The molecule has 0 saturated heterocycles. The lowest BCUT2D eigenvalue weighted by molar-refractivity contribution is -0.142. The molecule has 19 heavy (non-hydrogen) atoms. The van der Waals surface area contributed by atoms with E-state index in [0.717, 1.165) is 0 Å². The van der Waals surface area contributed by atoms with Crippen LogP contribution in [0.15, 0.2) is 18.2 Å². The molecule has 2 atom stereocenters. The first-order chi connectivity index (χ1) is 8.98. The van der Waals surface area contributed by atoms with Crippen molar-refractivity contribution in [2.45, 2.75) is 31.3 Å². The molecule has 1 aromatic rings. The zero-order valence-electron chi connectivity index (χ0n) is 10.8. The van der Waals surface area contributed by atoms with Crippen LogP contribution in [0.3, 0.4) is 0 Å². The lowest BCUT2D eigenvalue weighted by Gasteiger charge is -2.37. The Bertz CT molecular complexity index is 552. The van der Waals surface area contributed by atoms with E-state index in [1.807, 2.05) is 13.0 Å². The van der Waals surface area contributed by atoms with Gasteiger partial charge in [-0.2, -0.15) is 5.26 Å². The number of rotatable bonds is 2. The number of methoxy groups -OCH3 is 1. The minimum absolute atomic E-state index is 0.0848. The lowest BCUT2D eigenvalue weighted by Crippen LogP contribution is -2.37. The second-order valence-corrected chi connectivity index (χ2v) is 4.89. The van der Waals surface area contributed by atoms with Crippen molar-refractivity contribution in [2.75, 3.05) is 7.11 Å². The van der Waals surface area contributed by atoms with Crippen LogP contribution in [0.1, 0.15) is 25.3 Å². The van der Waals surface area contributed by atoms with Gasteiger partial charge in [-0.25, -0.2) is 4.39 Å². The van der Waals surface area contributed by atoms with Crippen molar-refractivity contribution in [1.29, 1.82) is 5.26 Å². The summed E-state index contributed by atoms with van der Waals surface area (Å²) < 4.78 is 23.5. The van der Waals surface area contributed by atoms with Gasteiger partial charge in [0.2, 0.25) is 0 Å². The summed E-state index contributed by atoms with van der Waals surface area (Å²) in [5.74, 6) is -0.337. The van der Waals surface area contributed by atoms with Gasteiger partial charge in [0.1, 0.15) is 17.6 Å². The molecule has 1 heterocycles. The summed E-state index contributed by atoms with van der Waals surface area (Å²) in [4.78, 5) is 11.5. The summed E-state index contributed by atoms with van der Waals surface area (Å²) in [5.41, 5.74) is -0.0622. The van der Waals surface area contributed by atoms with Crippen LogP contribution < -0.4 is 4.74 Å². The van der Waals surface area contributed by atoms with Crippen molar-refractivity contribution in [1.82, 2.24) is 0 Å². The van der Waals surface area contributed by atoms with Crippen LogP contribution in [0.25, 0.3) is 0 Å². The fraction of sp³-hybridized carbons (Fsp3) is 0.429. The Morgan fingerprint density at radius 2 is 2.42 bits per heavy atom. The molecular formula is C14H14FNO3. The smallest absolute Gasteiger partial charge is 0.306 e. The highest BCUT2D eigenvalue weighted by Crippen LogP contribution is 2.43. The Hall–Kier alpha value is -2.09. The highest BCUT2D eigenvalue weighted by atomic mass is 19.1. The molecular weight excluding hydrogens is 249 g/mol. The summed E-state index contributed by atoms with van der Waals surface area (Å²) in [6, 6.07) is 6.16. The van der Waals surface area contributed by atoms with E-state index in [1.165, 1.54) is 25.3 Å². The number of fused-ring (bicyclic) bond motifs is 1. The second kappa shape index (κ2) is 4.88. The van der Waals surface area contributed by atoms with Gasteiger partial charge in [-0.05, 0) is 18.2 Å². The third-order valence-corrected chi connectivity index (χ3v) is 3.40. The van der Waals surface area contributed by atoms with E-state index in [0.29, 0.717) is 17.7 Å². The third-order valence-electron chi connectivity index (χ3n) is 3.40. The molecule has 0 spiro atoms. The summed E-state index contributed by atoms with van der Waals surface area (Å²) in [7, 11) is 1.30. The van der Waals surface area contributed by atoms with Gasteiger partial charge in [-0.3, -0.25) is 4.79 Å². The Morgan fingerprint density at radius 1 is 1.68 bits per heavy atom. The normalized spacial score (nSPS) is 24.8. The molecule has 0 saturated carbocycles. The fourth-order valence-electron chi connectivity index (χ4n) is 2.42. The molecule has 1 aliphatic heterocycles. The van der Waals surface area contributed by atoms with Gasteiger partial charge in [-0.1, -0.05) is 6.92 Å². The van der Waals surface area contributed by atoms with Gasteiger partial charge in [0, 0.05) is 17.4 Å². The van der Waals surface area contributed by atoms with Crippen molar-refractivity contribution < 1.29 is 18.7 Å². The lowest BCUT2D eigenvalue weighted by atomic mass is 9.73. The van der Waals surface area contributed by atoms with Crippen LogP contribution in [0, 0.1) is 17.1 Å². The molecule has 1 aromatic carbocycles. The molecule has 0 radical (unpaired) electrons. The number of ether oxygens (including phenoxy) is 2. The van der Waals surface area contributed by atoms with Crippen molar-refractivity contribution in [3.8, 4) is 11.8 Å².